The number of hydrogen-bond donors (Lipinski definition) is 1. The molecule has 0 aromatic heterocycles. The molecule has 0 bridgehead atoms. The summed E-state index contributed by atoms with van der Waals surface area (Å²) in [6, 6.07) is 7.51. The average molecular weight is 388 g/mol. The van der Waals surface area contributed by atoms with Gasteiger partial charge in [0.1, 0.15) is 17.4 Å². The Hall–Kier alpha value is -3.29. The van der Waals surface area contributed by atoms with E-state index in [4.69, 9.17) is 4.74 Å². The zero-order chi connectivity index (χ0) is 20.4. The van der Waals surface area contributed by atoms with Crippen LogP contribution in [-0.2, 0) is 9.59 Å². The molecule has 6 nitrogen and oxygen atoms in total. The number of carbonyl (C=O) groups is 3. The summed E-state index contributed by atoms with van der Waals surface area (Å²) < 4.78 is 32.0. The molecule has 3 rings (SSSR count). The molecule has 2 amide bonds. The minimum Gasteiger partial charge on any atom is -0.479 e. The summed E-state index contributed by atoms with van der Waals surface area (Å²) in [6.07, 6.45) is -0.883. The lowest BCUT2D eigenvalue weighted by molar-refractivity contribution is -0.125. The second-order valence-corrected chi connectivity index (χ2v) is 6.44. The van der Waals surface area contributed by atoms with E-state index in [9.17, 15) is 23.2 Å². The van der Waals surface area contributed by atoms with E-state index in [1.165, 1.54) is 4.90 Å². The van der Waals surface area contributed by atoms with Gasteiger partial charge >= 0.3 is 0 Å². The predicted octanol–water partition coefficient (Wildman–Crippen LogP) is 3.31. The first kappa shape index (κ1) is 19.5. The normalized spacial score (nSPS) is 15.6. The second kappa shape index (κ2) is 7.75. The molecular formula is C20H18F2N2O4. The number of amides is 2. The number of benzene rings is 2. The van der Waals surface area contributed by atoms with Crippen molar-refractivity contribution in [1.29, 1.82) is 0 Å². The lowest BCUT2D eigenvalue weighted by Crippen LogP contribution is -2.42. The number of ketones is 1. The Kier molecular flexibility index (Phi) is 5.39. The van der Waals surface area contributed by atoms with E-state index in [0.717, 1.165) is 12.1 Å². The number of nitrogens with zero attached hydrogens (tertiary/aromatic N) is 1. The van der Waals surface area contributed by atoms with Crippen molar-refractivity contribution >= 4 is 29.0 Å². The highest BCUT2D eigenvalue weighted by Gasteiger charge is 2.29. The number of ether oxygens (including phenoxy) is 1. The average Bonchev–Trinajstić information content (AvgIpc) is 2.66. The van der Waals surface area contributed by atoms with Gasteiger partial charge in [-0.1, -0.05) is 0 Å². The van der Waals surface area contributed by atoms with Crippen LogP contribution in [-0.4, -0.2) is 30.7 Å². The Morgan fingerprint density at radius 1 is 1.14 bits per heavy atom. The molecule has 2 aromatic rings. The molecule has 0 saturated carbocycles. The maximum absolute atomic E-state index is 13.6. The van der Waals surface area contributed by atoms with E-state index in [1.807, 2.05) is 0 Å². The van der Waals surface area contributed by atoms with Crippen LogP contribution in [0.3, 0.4) is 0 Å². The standard InChI is InChI=1S/C20H18F2N2O4/c1-11-20(27)24(2)16-9-12(3-7-18(16)28-11)17(25)6-8-19(26)23-15-5-4-13(21)10-14(15)22/h3-5,7,9-11H,6,8H2,1-2H3,(H,23,26). The van der Waals surface area contributed by atoms with Crippen LogP contribution in [0.1, 0.15) is 30.1 Å². The van der Waals surface area contributed by atoms with Crippen molar-refractivity contribution < 1.29 is 27.9 Å². The molecular weight excluding hydrogens is 370 g/mol. The van der Waals surface area contributed by atoms with Gasteiger partial charge in [0.15, 0.2) is 11.9 Å². The summed E-state index contributed by atoms with van der Waals surface area (Å²) in [5, 5.41) is 2.31. The smallest absolute Gasteiger partial charge is 0.267 e. The molecule has 0 spiro atoms. The number of carbonyl (C=O) groups excluding carboxylic acids is 3. The number of anilines is 2. The fourth-order valence-electron chi connectivity index (χ4n) is 2.86. The van der Waals surface area contributed by atoms with Gasteiger partial charge in [0, 0.05) is 31.5 Å². The van der Waals surface area contributed by atoms with Gasteiger partial charge in [-0.05, 0) is 37.3 Å². The SMILES string of the molecule is CC1Oc2ccc(C(=O)CCC(=O)Nc3ccc(F)cc3F)cc2N(C)C1=O. The van der Waals surface area contributed by atoms with Gasteiger partial charge in [0.2, 0.25) is 5.91 Å². The van der Waals surface area contributed by atoms with Crippen LogP contribution >= 0.6 is 0 Å². The highest BCUT2D eigenvalue weighted by molar-refractivity contribution is 6.04. The van der Waals surface area contributed by atoms with Crippen LogP contribution in [0, 0.1) is 11.6 Å². The van der Waals surface area contributed by atoms with Crippen molar-refractivity contribution in [3.63, 3.8) is 0 Å². The van der Waals surface area contributed by atoms with Crippen molar-refractivity contribution in [3.05, 3.63) is 53.6 Å². The summed E-state index contributed by atoms with van der Waals surface area (Å²) in [5.41, 5.74) is 0.656. The molecule has 1 unspecified atom stereocenters. The molecule has 2 aromatic carbocycles. The number of nitrogens with one attached hydrogen (secondary N) is 1. The minimum absolute atomic E-state index is 0.109. The monoisotopic (exact) mass is 388 g/mol. The maximum Gasteiger partial charge on any atom is 0.267 e. The van der Waals surface area contributed by atoms with Crippen LogP contribution in [0.4, 0.5) is 20.2 Å². The Labute approximate surface area is 160 Å². The van der Waals surface area contributed by atoms with E-state index in [1.54, 1.807) is 32.2 Å². The van der Waals surface area contributed by atoms with Crippen molar-refractivity contribution in [2.24, 2.45) is 0 Å². The fourth-order valence-corrected chi connectivity index (χ4v) is 2.86. The fraction of sp³-hybridized carbons (Fsp3) is 0.250. The van der Waals surface area contributed by atoms with Gasteiger partial charge in [-0.15, -0.1) is 0 Å². The lowest BCUT2D eigenvalue weighted by atomic mass is 10.0. The van der Waals surface area contributed by atoms with Gasteiger partial charge in [-0.25, -0.2) is 8.78 Å². The van der Waals surface area contributed by atoms with Crippen LogP contribution < -0.4 is 15.0 Å². The molecule has 146 valence electrons. The van der Waals surface area contributed by atoms with Crippen LogP contribution in [0.5, 0.6) is 5.75 Å². The Balaban J connectivity index is 1.64. The molecule has 0 aliphatic carbocycles. The molecule has 28 heavy (non-hydrogen) atoms. The molecule has 1 atom stereocenters. The van der Waals surface area contributed by atoms with E-state index in [2.05, 4.69) is 5.32 Å². The van der Waals surface area contributed by atoms with Gasteiger partial charge in [-0.3, -0.25) is 14.4 Å². The first-order chi connectivity index (χ1) is 13.3. The molecule has 1 aliphatic rings. The molecule has 0 fully saturated rings. The summed E-state index contributed by atoms with van der Waals surface area (Å²) in [7, 11) is 1.60. The molecule has 0 saturated heterocycles. The number of halogens is 2. The van der Waals surface area contributed by atoms with Crippen LogP contribution in [0.15, 0.2) is 36.4 Å². The highest BCUT2D eigenvalue weighted by Crippen LogP contribution is 2.34. The summed E-state index contributed by atoms with van der Waals surface area (Å²) in [6.45, 7) is 1.64. The van der Waals surface area contributed by atoms with E-state index in [-0.39, 0.29) is 30.2 Å². The highest BCUT2D eigenvalue weighted by atomic mass is 19.1. The number of hydrogen-bond acceptors (Lipinski definition) is 4. The number of fused-ring (bicyclic) bond motifs is 1. The molecule has 1 aliphatic heterocycles. The van der Waals surface area contributed by atoms with Crippen molar-refractivity contribution in [1.82, 2.24) is 0 Å². The van der Waals surface area contributed by atoms with E-state index in [0.29, 0.717) is 23.1 Å². The predicted molar refractivity (Wildman–Crippen MR) is 98.5 cm³/mol. The number of rotatable bonds is 5. The van der Waals surface area contributed by atoms with Gasteiger partial charge in [0.25, 0.3) is 5.91 Å². The maximum atomic E-state index is 13.6. The minimum atomic E-state index is -0.892. The third-order valence-electron chi connectivity index (χ3n) is 4.41. The second-order valence-electron chi connectivity index (χ2n) is 6.44. The molecule has 1 N–H and O–H groups in total. The number of likely N-dealkylation sites (N-methyl/N-ethyl adjacent to an activating group) is 1. The first-order valence-corrected chi connectivity index (χ1v) is 8.62. The van der Waals surface area contributed by atoms with Crippen molar-refractivity contribution in [2.75, 3.05) is 17.3 Å². The Morgan fingerprint density at radius 2 is 1.89 bits per heavy atom. The van der Waals surface area contributed by atoms with Gasteiger partial charge in [0.05, 0.1) is 11.4 Å². The first-order valence-electron chi connectivity index (χ1n) is 8.62. The molecule has 0 radical (unpaired) electrons. The summed E-state index contributed by atoms with van der Waals surface area (Å²) in [4.78, 5) is 37.8. The summed E-state index contributed by atoms with van der Waals surface area (Å²) in [5.74, 6) is -2.25. The molecule has 1 heterocycles. The largest absolute Gasteiger partial charge is 0.479 e. The van der Waals surface area contributed by atoms with Crippen LogP contribution in [0.2, 0.25) is 0 Å². The zero-order valence-corrected chi connectivity index (χ0v) is 15.3. The molecule has 8 heteroatoms. The third-order valence-corrected chi connectivity index (χ3v) is 4.41. The van der Waals surface area contributed by atoms with E-state index < -0.39 is 23.6 Å². The third kappa shape index (κ3) is 4.00. The quantitative estimate of drug-likeness (QED) is 0.798. The van der Waals surface area contributed by atoms with Gasteiger partial charge in [-0.2, -0.15) is 0 Å². The number of Topliss-reactive ketones (excluding diaryl/α,β-unsaturated/α-hetero) is 1. The topological polar surface area (TPSA) is 75.7 Å². The Morgan fingerprint density at radius 3 is 2.61 bits per heavy atom. The zero-order valence-electron chi connectivity index (χ0n) is 15.3. The van der Waals surface area contributed by atoms with E-state index >= 15 is 0 Å². The Bertz CT molecular complexity index is 961. The van der Waals surface area contributed by atoms with Crippen molar-refractivity contribution in [2.45, 2.75) is 25.9 Å². The van der Waals surface area contributed by atoms with Crippen LogP contribution in [0.25, 0.3) is 0 Å². The van der Waals surface area contributed by atoms with Gasteiger partial charge < -0.3 is 15.0 Å². The van der Waals surface area contributed by atoms with Crippen molar-refractivity contribution in [3.8, 4) is 5.75 Å². The summed E-state index contributed by atoms with van der Waals surface area (Å²) >= 11 is 0. The lowest BCUT2D eigenvalue weighted by Gasteiger charge is -2.30.